The van der Waals surface area contributed by atoms with Crippen molar-refractivity contribution in [3.63, 3.8) is 0 Å². The number of hydrogen-bond acceptors (Lipinski definition) is 6. The quantitative estimate of drug-likeness (QED) is 0.481. The van der Waals surface area contributed by atoms with E-state index < -0.39 is 9.84 Å². The number of sulfone groups is 1. The lowest BCUT2D eigenvalue weighted by Crippen LogP contribution is -2.38. The molecule has 0 N–H and O–H groups in total. The zero-order valence-corrected chi connectivity index (χ0v) is 19.7. The van der Waals surface area contributed by atoms with Gasteiger partial charge >= 0.3 is 0 Å². The number of nitrogens with zero attached hydrogens (tertiary/aromatic N) is 3. The van der Waals surface area contributed by atoms with Crippen LogP contribution in [-0.4, -0.2) is 62.8 Å². The van der Waals surface area contributed by atoms with Gasteiger partial charge in [-0.15, -0.1) is 0 Å². The highest BCUT2D eigenvalue weighted by atomic mass is 32.2. The SMILES string of the molecule is COCCN(Cc1cnc(S(=O)(=O)Cc2ccccc2)n1CCOC)C(=O)C1CCCC1. The van der Waals surface area contributed by atoms with Crippen molar-refractivity contribution in [2.75, 3.05) is 34.0 Å². The first-order valence-corrected chi connectivity index (χ1v) is 12.7. The van der Waals surface area contributed by atoms with Gasteiger partial charge in [-0.3, -0.25) is 4.79 Å². The smallest absolute Gasteiger partial charge is 0.228 e. The molecule has 0 spiro atoms. The van der Waals surface area contributed by atoms with Crippen molar-refractivity contribution in [2.24, 2.45) is 5.92 Å². The number of aromatic nitrogens is 2. The third-order valence-electron chi connectivity index (χ3n) is 5.83. The molecular formula is C23H33N3O5S. The number of ether oxygens (including phenoxy) is 2. The van der Waals surface area contributed by atoms with Crippen LogP contribution in [-0.2, 0) is 42.9 Å². The molecule has 1 fully saturated rings. The molecule has 0 radical (unpaired) electrons. The third-order valence-corrected chi connectivity index (χ3v) is 7.43. The molecule has 9 heteroatoms. The molecule has 1 amide bonds. The first-order valence-electron chi connectivity index (χ1n) is 11.0. The molecule has 1 aliphatic carbocycles. The number of hydrogen-bond donors (Lipinski definition) is 0. The summed E-state index contributed by atoms with van der Waals surface area (Å²) in [6.45, 7) is 1.84. The standard InChI is InChI=1S/C23H33N3O5S/c1-30-14-12-25(22(27)20-10-6-7-11-20)17-21-16-24-23(26(21)13-15-31-2)32(28,29)18-19-8-4-3-5-9-19/h3-5,8-9,16,20H,6-7,10-15,17-18H2,1-2H3. The van der Waals surface area contributed by atoms with E-state index in [1.54, 1.807) is 42.0 Å². The van der Waals surface area contributed by atoms with Crippen LogP contribution in [0, 0.1) is 5.92 Å². The Kier molecular flexibility index (Phi) is 8.84. The van der Waals surface area contributed by atoms with Crippen molar-refractivity contribution < 1.29 is 22.7 Å². The van der Waals surface area contributed by atoms with Crippen LogP contribution in [0.15, 0.2) is 41.7 Å². The highest BCUT2D eigenvalue weighted by Gasteiger charge is 2.29. The van der Waals surface area contributed by atoms with Crippen molar-refractivity contribution in [3.05, 3.63) is 47.8 Å². The van der Waals surface area contributed by atoms with Gasteiger partial charge in [0.2, 0.25) is 20.9 Å². The largest absolute Gasteiger partial charge is 0.383 e. The van der Waals surface area contributed by atoms with E-state index in [4.69, 9.17) is 9.47 Å². The monoisotopic (exact) mass is 463 g/mol. The minimum Gasteiger partial charge on any atom is -0.383 e. The van der Waals surface area contributed by atoms with Crippen molar-refractivity contribution in [3.8, 4) is 0 Å². The Labute approximate surface area is 190 Å². The van der Waals surface area contributed by atoms with Gasteiger partial charge in [-0.2, -0.15) is 0 Å². The van der Waals surface area contributed by atoms with Gasteiger partial charge in [-0.05, 0) is 18.4 Å². The highest BCUT2D eigenvalue weighted by Crippen LogP contribution is 2.27. The second-order valence-electron chi connectivity index (χ2n) is 8.16. The van der Waals surface area contributed by atoms with Crippen molar-refractivity contribution in [1.29, 1.82) is 0 Å². The van der Waals surface area contributed by atoms with E-state index in [1.165, 1.54) is 0 Å². The zero-order valence-electron chi connectivity index (χ0n) is 18.9. The Morgan fingerprint density at radius 1 is 1.12 bits per heavy atom. The maximum absolute atomic E-state index is 13.2. The lowest BCUT2D eigenvalue weighted by molar-refractivity contribution is -0.136. The number of benzene rings is 1. The minimum absolute atomic E-state index is 0.00779. The molecule has 0 bridgehead atoms. The second-order valence-corrected chi connectivity index (χ2v) is 10.0. The Hall–Kier alpha value is -2.23. The molecule has 2 aromatic rings. The summed E-state index contributed by atoms with van der Waals surface area (Å²) in [4.78, 5) is 19.2. The van der Waals surface area contributed by atoms with Gasteiger partial charge < -0.3 is 18.9 Å². The average Bonchev–Trinajstić information content (AvgIpc) is 3.45. The Morgan fingerprint density at radius 2 is 1.81 bits per heavy atom. The summed E-state index contributed by atoms with van der Waals surface area (Å²) in [5.74, 6) is 0.00212. The molecule has 0 atom stereocenters. The predicted octanol–water partition coefficient (Wildman–Crippen LogP) is 2.67. The maximum Gasteiger partial charge on any atom is 0.228 e. The van der Waals surface area contributed by atoms with Gasteiger partial charge in [-0.1, -0.05) is 43.2 Å². The van der Waals surface area contributed by atoms with E-state index in [0.29, 0.717) is 37.6 Å². The fourth-order valence-corrected chi connectivity index (χ4v) is 5.66. The normalized spacial score (nSPS) is 14.7. The Bertz CT molecular complexity index is 969. The van der Waals surface area contributed by atoms with E-state index in [1.807, 2.05) is 18.2 Å². The van der Waals surface area contributed by atoms with Gasteiger partial charge in [0.25, 0.3) is 0 Å². The summed E-state index contributed by atoms with van der Waals surface area (Å²) >= 11 is 0. The number of carbonyl (C=O) groups is 1. The van der Waals surface area contributed by atoms with Gasteiger partial charge in [0.05, 0.1) is 37.4 Å². The number of rotatable bonds is 12. The molecule has 0 unspecified atom stereocenters. The average molecular weight is 464 g/mol. The Balaban J connectivity index is 1.87. The van der Waals surface area contributed by atoms with Crippen LogP contribution in [0.3, 0.4) is 0 Å². The van der Waals surface area contributed by atoms with Crippen LogP contribution >= 0.6 is 0 Å². The summed E-state index contributed by atoms with van der Waals surface area (Å²) in [6.07, 6.45) is 5.52. The van der Waals surface area contributed by atoms with E-state index in [-0.39, 0.29) is 29.3 Å². The number of amides is 1. The summed E-state index contributed by atoms with van der Waals surface area (Å²) < 4.78 is 38.4. The lowest BCUT2D eigenvalue weighted by atomic mass is 10.1. The van der Waals surface area contributed by atoms with E-state index in [0.717, 1.165) is 25.7 Å². The molecule has 176 valence electrons. The fraction of sp³-hybridized carbons (Fsp3) is 0.565. The van der Waals surface area contributed by atoms with Gasteiger partial charge in [0, 0.05) is 33.2 Å². The van der Waals surface area contributed by atoms with Crippen molar-refractivity contribution >= 4 is 15.7 Å². The summed E-state index contributed by atoms with van der Waals surface area (Å²) in [5, 5.41) is 0.00779. The maximum atomic E-state index is 13.2. The predicted molar refractivity (Wildman–Crippen MR) is 121 cm³/mol. The first-order chi connectivity index (χ1) is 15.5. The topological polar surface area (TPSA) is 90.7 Å². The van der Waals surface area contributed by atoms with Crippen molar-refractivity contribution in [2.45, 2.75) is 49.7 Å². The minimum atomic E-state index is -3.67. The van der Waals surface area contributed by atoms with Crippen LogP contribution in [0.5, 0.6) is 0 Å². The first kappa shape index (κ1) is 24.4. The van der Waals surface area contributed by atoms with Gasteiger partial charge in [-0.25, -0.2) is 13.4 Å². The Morgan fingerprint density at radius 3 is 2.47 bits per heavy atom. The number of methoxy groups -OCH3 is 2. The van der Waals surface area contributed by atoms with E-state index in [9.17, 15) is 13.2 Å². The highest BCUT2D eigenvalue weighted by molar-refractivity contribution is 7.90. The molecule has 1 aliphatic rings. The molecule has 3 rings (SSSR count). The summed E-state index contributed by atoms with van der Waals surface area (Å²) in [5.41, 5.74) is 1.38. The van der Waals surface area contributed by atoms with E-state index in [2.05, 4.69) is 4.98 Å². The zero-order chi connectivity index (χ0) is 23.0. The van der Waals surface area contributed by atoms with Gasteiger partial charge in [0.15, 0.2) is 0 Å². The van der Waals surface area contributed by atoms with Gasteiger partial charge in [0.1, 0.15) is 0 Å². The van der Waals surface area contributed by atoms with Crippen LogP contribution in [0.25, 0.3) is 0 Å². The third kappa shape index (κ3) is 6.17. The second kappa shape index (κ2) is 11.6. The molecular weight excluding hydrogens is 430 g/mol. The summed E-state index contributed by atoms with van der Waals surface area (Å²) in [7, 11) is -0.495. The van der Waals surface area contributed by atoms with Crippen LogP contribution in [0.4, 0.5) is 0 Å². The molecule has 0 saturated heterocycles. The van der Waals surface area contributed by atoms with E-state index >= 15 is 0 Å². The van der Waals surface area contributed by atoms with Crippen molar-refractivity contribution in [1.82, 2.24) is 14.5 Å². The molecule has 1 heterocycles. The lowest BCUT2D eigenvalue weighted by Gasteiger charge is -2.26. The van der Waals surface area contributed by atoms with Crippen LogP contribution < -0.4 is 0 Å². The molecule has 0 aliphatic heterocycles. The van der Waals surface area contributed by atoms with Crippen LogP contribution in [0.2, 0.25) is 0 Å². The fourth-order valence-electron chi connectivity index (χ4n) is 4.14. The molecule has 1 aromatic heterocycles. The number of imidazole rings is 1. The summed E-state index contributed by atoms with van der Waals surface area (Å²) in [6, 6.07) is 9.05. The number of carbonyl (C=O) groups excluding carboxylic acids is 1. The molecule has 32 heavy (non-hydrogen) atoms. The van der Waals surface area contributed by atoms with Crippen LogP contribution in [0.1, 0.15) is 36.9 Å². The molecule has 1 saturated carbocycles. The molecule has 1 aromatic carbocycles. The molecule has 8 nitrogen and oxygen atoms in total.